The van der Waals surface area contributed by atoms with Crippen molar-refractivity contribution in [3.63, 3.8) is 0 Å². The molecule has 0 spiro atoms. The number of anilines is 1. The standard InChI is InChI=1S/C26H23FN2O6S/c1-5-35-18-11-8-16(12-13(18)2)21(30)19-20(15-6-9-17(27)10-7-15)29(24(32)22(19)31)26-28-14(3)23(36-26)25(33)34-4/h6-12,20,30H,5H2,1-4H3. The van der Waals surface area contributed by atoms with Gasteiger partial charge in [0.25, 0.3) is 5.78 Å². The van der Waals surface area contributed by atoms with E-state index in [9.17, 15) is 23.9 Å². The lowest BCUT2D eigenvalue weighted by atomic mass is 9.95. The van der Waals surface area contributed by atoms with Crippen molar-refractivity contribution in [1.29, 1.82) is 0 Å². The number of aromatic nitrogens is 1. The average Bonchev–Trinajstić information content (AvgIpc) is 3.36. The normalized spacial score (nSPS) is 16.9. The van der Waals surface area contributed by atoms with Gasteiger partial charge in [0.2, 0.25) is 0 Å². The van der Waals surface area contributed by atoms with E-state index in [0.717, 1.165) is 21.8 Å². The first-order valence-electron chi connectivity index (χ1n) is 11.0. The summed E-state index contributed by atoms with van der Waals surface area (Å²) >= 11 is 0.889. The summed E-state index contributed by atoms with van der Waals surface area (Å²) in [7, 11) is 1.23. The summed E-state index contributed by atoms with van der Waals surface area (Å²) in [6.07, 6.45) is 0. The van der Waals surface area contributed by atoms with Crippen molar-refractivity contribution in [2.45, 2.75) is 26.8 Å². The van der Waals surface area contributed by atoms with E-state index < -0.39 is 35.3 Å². The molecule has 2 aromatic carbocycles. The summed E-state index contributed by atoms with van der Waals surface area (Å²) in [5, 5.41) is 11.3. The number of aryl methyl sites for hydroxylation is 2. The topological polar surface area (TPSA) is 106 Å². The number of carbonyl (C=O) groups excluding carboxylic acids is 3. The molecule has 3 aromatic rings. The van der Waals surface area contributed by atoms with Crippen LogP contribution in [0.15, 0.2) is 48.0 Å². The van der Waals surface area contributed by atoms with Gasteiger partial charge in [-0.2, -0.15) is 0 Å². The number of hydrogen-bond donors (Lipinski definition) is 1. The van der Waals surface area contributed by atoms with Gasteiger partial charge in [0.1, 0.15) is 22.2 Å². The van der Waals surface area contributed by atoms with Crippen molar-refractivity contribution in [2.75, 3.05) is 18.6 Å². The highest BCUT2D eigenvalue weighted by molar-refractivity contribution is 7.17. The number of nitrogens with zero attached hydrogens (tertiary/aromatic N) is 2. The Morgan fingerprint density at radius 3 is 2.47 bits per heavy atom. The number of carbonyl (C=O) groups is 3. The van der Waals surface area contributed by atoms with Crippen LogP contribution in [0.5, 0.6) is 5.75 Å². The lowest BCUT2D eigenvalue weighted by Gasteiger charge is -2.23. The minimum absolute atomic E-state index is 0.0752. The van der Waals surface area contributed by atoms with Crippen LogP contribution in [-0.2, 0) is 14.3 Å². The number of aliphatic hydroxyl groups is 1. The smallest absolute Gasteiger partial charge is 0.350 e. The Kier molecular flexibility index (Phi) is 6.89. The molecule has 0 radical (unpaired) electrons. The molecule has 0 aliphatic carbocycles. The molecular weight excluding hydrogens is 487 g/mol. The van der Waals surface area contributed by atoms with Crippen LogP contribution in [0, 0.1) is 19.7 Å². The maximum Gasteiger partial charge on any atom is 0.350 e. The molecule has 2 heterocycles. The van der Waals surface area contributed by atoms with Crippen LogP contribution in [0.2, 0.25) is 0 Å². The number of thiazole rings is 1. The number of benzene rings is 2. The highest BCUT2D eigenvalue weighted by Gasteiger charge is 2.48. The van der Waals surface area contributed by atoms with Gasteiger partial charge in [-0.15, -0.1) is 0 Å². The number of esters is 1. The maximum atomic E-state index is 13.7. The third kappa shape index (κ3) is 4.35. The molecule has 1 saturated heterocycles. The van der Waals surface area contributed by atoms with Gasteiger partial charge >= 0.3 is 11.9 Å². The first kappa shape index (κ1) is 25.1. The molecule has 10 heteroatoms. The molecule has 1 amide bonds. The largest absolute Gasteiger partial charge is 0.507 e. The zero-order valence-electron chi connectivity index (χ0n) is 20.0. The second kappa shape index (κ2) is 9.90. The van der Waals surface area contributed by atoms with Crippen LogP contribution in [0.25, 0.3) is 5.76 Å². The molecule has 186 valence electrons. The van der Waals surface area contributed by atoms with E-state index in [2.05, 4.69) is 4.98 Å². The first-order valence-corrected chi connectivity index (χ1v) is 11.9. The zero-order valence-corrected chi connectivity index (χ0v) is 20.8. The molecule has 1 aromatic heterocycles. The molecule has 0 bridgehead atoms. The van der Waals surface area contributed by atoms with Crippen molar-refractivity contribution in [1.82, 2.24) is 4.98 Å². The van der Waals surface area contributed by atoms with Crippen molar-refractivity contribution >= 4 is 39.9 Å². The Morgan fingerprint density at radius 2 is 1.86 bits per heavy atom. The highest BCUT2D eigenvalue weighted by atomic mass is 32.1. The summed E-state index contributed by atoms with van der Waals surface area (Å²) in [5.74, 6) is -2.76. The van der Waals surface area contributed by atoms with E-state index in [1.54, 1.807) is 32.0 Å². The van der Waals surface area contributed by atoms with E-state index in [1.807, 2.05) is 6.92 Å². The summed E-state index contributed by atoms with van der Waals surface area (Å²) in [4.78, 5) is 44.3. The predicted molar refractivity (Wildman–Crippen MR) is 132 cm³/mol. The Morgan fingerprint density at radius 1 is 1.17 bits per heavy atom. The van der Waals surface area contributed by atoms with E-state index in [-0.39, 0.29) is 15.6 Å². The fourth-order valence-corrected chi connectivity index (χ4v) is 5.04. The highest BCUT2D eigenvalue weighted by Crippen LogP contribution is 2.44. The van der Waals surface area contributed by atoms with E-state index >= 15 is 0 Å². The number of amides is 1. The fourth-order valence-electron chi connectivity index (χ4n) is 4.03. The quantitative estimate of drug-likeness (QED) is 0.222. The number of aliphatic hydroxyl groups excluding tert-OH is 1. The van der Waals surface area contributed by atoms with Crippen LogP contribution in [0.3, 0.4) is 0 Å². The minimum Gasteiger partial charge on any atom is -0.507 e. The predicted octanol–water partition coefficient (Wildman–Crippen LogP) is 4.71. The molecule has 1 aliphatic rings. The molecule has 0 saturated carbocycles. The minimum atomic E-state index is -1.10. The van der Waals surface area contributed by atoms with Crippen LogP contribution < -0.4 is 9.64 Å². The summed E-state index contributed by atoms with van der Waals surface area (Å²) in [6.45, 7) is 5.69. The van der Waals surface area contributed by atoms with Gasteiger partial charge in [-0.3, -0.25) is 14.5 Å². The van der Waals surface area contributed by atoms with Gasteiger partial charge < -0.3 is 14.6 Å². The number of rotatable bonds is 6. The Labute approximate surface area is 210 Å². The molecule has 1 atom stereocenters. The van der Waals surface area contributed by atoms with Crippen molar-refractivity contribution in [3.8, 4) is 5.75 Å². The number of ether oxygens (including phenoxy) is 2. The van der Waals surface area contributed by atoms with Gasteiger partial charge in [-0.05, 0) is 62.2 Å². The molecule has 4 rings (SSSR count). The Bertz CT molecular complexity index is 1400. The van der Waals surface area contributed by atoms with Crippen molar-refractivity contribution < 1.29 is 33.4 Å². The number of ketones is 1. The molecule has 1 aliphatic heterocycles. The fraction of sp³-hybridized carbons (Fsp3) is 0.231. The number of methoxy groups -OCH3 is 1. The van der Waals surface area contributed by atoms with Gasteiger partial charge in [0.15, 0.2) is 5.13 Å². The molecule has 8 nitrogen and oxygen atoms in total. The van der Waals surface area contributed by atoms with Crippen molar-refractivity contribution in [3.05, 3.63) is 81.1 Å². The second-order valence-electron chi connectivity index (χ2n) is 8.04. The summed E-state index contributed by atoms with van der Waals surface area (Å²) in [5.41, 5.74) is 1.57. The third-order valence-corrected chi connectivity index (χ3v) is 6.88. The van der Waals surface area contributed by atoms with Gasteiger partial charge in [-0.1, -0.05) is 23.5 Å². The van der Waals surface area contributed by atoms with Crippen LogP contribution in [0.4, 0.5) is 9.52 Å². The number of Topliss-reactive ketones (excluding diaryl/α,β-unsaturated/α-hetero) is 1. The van der Waals surface area contributed by atoms with Crippen LogP contribution in [-0.4, -0.2) is 41.5 Å². The summed E-state index contributed by atoms with van der Waals surface area (Å²) in [6, 6.07) is 9.06. The first-order chi connectivity index (χ1) is 17.2. The molecular formula is C26H23FN2O6S. The van der Waals surface area contributed by atoms with Crippen LogP contribution >= 0.6 is 11.3 Å². The SMILES string of the molecule is CCOc1ccc(C(O)=C2C(=O)C(=O)N(c3nc(C)c(C(=O)OC)s3)C2c2ccc(F)cc2)cc1C. The van der Waals surface area contributed by atoms with Gasteiger partial charge in [-0.25, -0.2) is 14.2 Å². The maximum absolute atomic E-state index is 13.7. The molecule has 1 unspecified atom stereocenters. The molecule has 1 fully saturated rings. The summed E-state index contributed by atoms with van der Waals surface area (Å²) < 4.78 is 24.0. The van der Waals surface area contributed by atoms with E-state index in [4.69, 9.17) is 9.47 Å². The lowest BCUT2D eigenvalue weighted by molar-refractivity contribution is -0.132. The number of halogens is 1. The molecule has 36 heavy (non-hydrogen) atoms. The Balaban J connectivity index is 1.91. The van der Waals surface area contributed by atoms with Gasteiger partial charge in [0.05, 0.1) is 31.0 Å². The van der Waals surface area contributed by atoms with Crippen LogP contribution in [0.1, 0.15) is 45.0 Å². The zero-order chi connectivity index (χ0) is 26.1. The van der Waals surface area contributed by atoms with Gasteiger partial charge in [0, 0.05) is 5.56 Å². The molecule has 1 N–H and O–H groups in total. The van der Waals surface area contributed by atoms with Crippen molar-refractivity contribution in [2.24, 2.45) is 0 Å². The second-order valence-corrected chi connectivity index (χ2v) is 9.01. The van der Waals surface area contributed by atoms with E-state index in [1.165, 1.54) is 31.4 Å². The number of hydrogen-bond acceptors (Lipinski definition) is 8. The lowest BCUT2D eigenvalue weighted by Crippen LogP contribution is -2.29. The van der Waals surface area contributed by atoms with E-state index in [0.29, 0.717) is 29.2 Å². The average molecular weight is 511 g/mol. The monoisotopic (exact) mass is 510 g/mol. The third-order valence-electron chi connectivity index (χ3n) is 5.74. The Hall–Kier alpha value is -4.05.